The lowest BCUT2D eigenvalue weighted by atomic mass is 9.94. The third-order valence-corrected chi connectivity index (χ3v) is 4.95. The van der Waals surface area contributed by atoms with E-state index in [-0.39, 0.29) is 0 Å². The van der Waals surface area contributed by atoms with Gasteiger partial charge in [-0.05, 0) is 44.2 Å². The largest absolute Gasteiger partial charge is 0.315 e. The summed E-state index contributed by atoms with van der Waals surface area (Å²) in [5.41, 5.74) is 0. The van der Waals surface area contributed by atoms with E-state index in [4.69, 9.17) is 0 Å². The van der Waals surface area contributed by atoms with Crippen molar-refractivity contribution in [2.75, 3.05) is 19.6 Å². The number of rotatable bonds is 9. The van der Waals surface area contributed by atoms with Crippen LogP contribution in [0.1, 0.15) is 64.7 Å². The summed E-state index contributed by atoms with van der Waals surface area (Å²) in [6, 6.07) is 0.776. The fourth-order valence-corrected chi connectivity index (χ4v) is 3.81. The van der Waals surface area contributed by atoms with Crippen molar-refractivity contribution in [3.05, 3.63) is 0 Å². The molecule has 0 spiro atoms. The fourth-order valence-electron chi connectivity index (χ4n) is 3.81. The Morgan fingerprint density at radius 1 is 1.06 bits per heavy atom. The normalized spacial score (nSPS) is 30.8. The summed E-state index contributed by atoms with van der Waals surface area (Å²) in [7, 11) is 0. The van der Waals surface area contributed by atoms with Crippen LogP contribution in [0.2, 0.25) is 0 Å². The first kappa shape index (κ1) is 14.3. The predicted octanol–water partition coefficient (Wildman–Crippen LogP) is 3.32. The first-order valence-electron chi connectivity index (χ1n) is 8.36. The molecule has 18 heavy (non-hydrogen) atoms. The summed E-state index contributed by atoms with van der Waals surface area (Å²) >= 11 is 0. The van der Waals surface area contributed by atoms with E-state index in [1.165, 1.54) is 77.4 Å². The van der Waals surface area contributed by atoms with Crippen LogP contribution in [-0.4, -0.2) is 25.7 Å². The highest BCUT2D eigenvalue weighted by molar-refractivity contribution is 4.94. The lowest BCUT2D eigenvalue weighted by molar-refractivity contribution is 0.392. The number of fused-ring (bicyclic) bond motifs is 1. The second-order valence-electron chi connectivity index (χ2n) is 6.34. The van der Waals surface area contributed by atoms with Crippen LogP contribution in [0.4, 0.5) is 0 Å². The average molecular weight is 252 g/mol. The standard InChI is InChI=1S/C16H32N2/c1-2-3-4-5-6-7-11-17-13-16-15-10-8-9-14(15)12-18-16/h14-18H,2-13H2,1H3. The Morgan fingerprint density at radius 3 is 2.78 bits per heavy atom. The van der Waals surface area contributed by atoms with Crippen molar-refractivity contribution >= 4 is 0 Å². The summed E-state index contributed by atoms with van der Waals surface area (Å²) in [6.45, 7) is 6.00. The Kier molecular flexibility index (Phi) is 6.50. The van der Waals surface area contributed by atoms with Crippen molar-refractivity contribution in [2.24, 2.45) is 11.8 Å². The van der Waals surface area contributed by atoms with Gasteiger partial charge < -0.3 is 10.6 Å². The molecule has 0 aromatic heterocycles. The van der Waals surface area contributed by atoms with E-state index >= 15 is 0 Å². The van der Waals surface area contributed by atoms with Gasteiger partial charge in [-0.15, -0.1) is 0 Å². The fraction of sp³-hybridized carbons (Fsp3) is 1.00. The Hall–Kier alpha value is -0.0800. The van der Waals surface area contributed by atoms with Crippen LogP contribution in [-0.2, 0) is 0 Å². The second kappa shape index (κ2) is 8.16. The van der Waals surface area contributed by atoms with Gasteiger partial charge >= 0.3 is 0 Å². The monoisotopic (exact) mass is 252 g/mol. The smallest absolute Gasteiger partial charge is 0.0223 e. The molecule has 2 N–H and O–H groups in total. The number of nitrogens with one attached hydrogen (secondary N) is 2. The molecule has 1 saturated carbocycles. The Morgan fingerprint density at radius 2 is 1.89 bits per heavy atom. The molecular weight excluding hydrogens is 220 g/mol. The van der Waals surface area contributed by atoms with Crippen LogP contribution in [0.25, 0.3) is 0 Å². The van der Waals surface area contributed by atoms with Crippen LogP contribution in [0.5, 0.6) is 0 Å². The van der Waals surface area contributed by atoms with E-state index < -0.39 is 0 Å². The molecule has 2 aliphatic rings. The van der Waals surface area contributed by atoms with Gasteiger partial charge in [-0.2, -0.15) is 0 Å². The minimum atomic E-state index is 0.776. The predicted molar refractivity (Wildman–Crippen MR) is 78.9 cm³/mol. The van der Waals surface area contributed by atoms with Gasteiger partial charge in [0.15, 0.2) is 0 Å². The summed E-state index contributed by atoms with van der Waals surface area (Å²) in [5.74, 6) is 1.99. The summed E-state index contributed by atoms with van der Waals surface area (Å²) in [6.07, 6.45) is 12.8. The van der Waals surface area contributed by atoms with Gasteiger partial charge in [-0.1, -0.05) is 45.4 Å². The van der Waals surface area contributed by atoms with E-state index in [0.717, 1.165) is 17.9 Å². The molecule has 3 unspecified atom stereocenters. The Bertz CT molecular complexity index is 217. The zero-order valence-corrected chi connectivity index (χ0v) is 12.2. The minimum Gasteiger partial charge on any atom is -0.315 e. The lowest BCUT2D eigenvalue weighted by Crippen LogP contribution is -2.38. The molecule has 1 aliphatic carbocycles. The van der Waals surface area contributed by atoms with E-state index in [2.05, 4.69) is 17.6 Å². The molecule has 0 aromatic rings. The van der Waals surface area contributed by atoms with E-state index in [9.17, 15) is 0 Å². The average Bonchev–Trinajstić information content (AvgIpc) is 2.96. The van der Waals surface area contributed by atoms with Crippen LogP contribution in [0.3, 0.4) is 0 Å². The maximum Gasteiger partial charge on any atom is 0.0223 e. The number of unbranched alkanes of at least 4 members (excludes halogenated alkanes) is 5. The zero-order valence-electron chi connectivity index (χ0n) is 12.2. The molecule has 3 atom stereocenters. The molecule has 1 heterocycles. The van der Waals surface area contributed by atoms with Crippen molar-refractivity contribution in [3.63, 3.8) is 0 Å². The third kappa shape index (κ3) is 4.24. The van der Waals surface area contributed by atoms with Crippen molar-refractivity contribution in [1.29, 1.82) is 0 Å². The van der Waals surface area contributed by atoms with Crippen molar-refractivity contribution in [1.82, 2.24) is 10.6 Å². The van der Waals surface area contributed by atoms with Gasteiger partial charge in [0.05, 0.1) is 0 Å². The Labute approximate surface area is 113 Å². The first-order chi connectivity index (χ1) is 8.92. The second-order valence-corrected chi connectivity index (χ2v) is 6.34. The topological polar surface area (TPSA) is 24.1 Å². The Balaban J connectivity index is 1.44. The highest BCUT2D eigenvalue weighted by atomic mass is 15.0. The molecule has 0 aromatic carbocycles. The van der Waals surface area contributed by atoms with E-state index in [0.29, 0.717) is 0 Å². The highest BCUT2D eigenvalue weighted by Gasteiger charge is 2.38. The van der Waals surface area contributed by atoms with Crippen LogP contribution < -0.4 is 10.6 Å². The molecule has 0 amide bonds. The molecule has 1 saturated heterocycles. The quantitative estimate of drug-likeness (QED) is 0.615. The summed E-state index contributed by atoms with van der Waals surface area (Å²) in [5, 5.41) is 7.38. The van der Waals surface area contributed by atoms with Crippen molar-refractivity contribution in [3.8, 4) is 0 Å². The molecule has 1 aliphatic heterocycles. The SMILES string of the molecule is CCCCCCCCNCC1NCC2CCCC21. The maximum atomic E-state index is 3.71. The third-order valence-electron chi connectivity index (χ3n) is 4.95. The molecule has 2 fully saturated rings. The number of hydrogen-bond donors (Lipinski definition) is 2. The zero-order chi connectivity index (χ0) is 12.6. The maximum absolute atomic E-state index is 3.71. The summed E-state index contributed by atoms with van der Waals surface area (Å²) in [4.78, 5) is 0. The molecule has 2 rings (SSSR count). The van der Waals surface area contributed by atoms with Crippen molar-refractivity contribution in [2.45, 2.75) is 70.8 Å². The van der Waals surface area contributed by atoms with Gasteiger partial charge in [-0.3, -0.25) is 0 Å². The van der Waals surface area contributed by atoms with Crippen LogP contribution in [0.15, 0.2) is 0 Å². The molecule has 0 radical (unpaired) electrons. The number of hydrogen-bond acceptors (Lipinski definition) is 2. The molecule has 0 bridgehead atoms. The van der Waals surface area contributed by atoms with Crippen LogP contribution in [0, 0.1) is 11.8 Å². The van der Waals surface area contributed by atoms with Gasteiger partial charge in [0.25, 0.3) is 0 Å². The van der Waals surface area contributed by atoms with Gasteiger partial charge in [0.2, 0.25) is 0 Å². The summed E-state index contributed by atoms with van der Waals surface area (Å²) < 4.78 is 0. The van der Waals surface area contributed by atoms with E-state index in [1.54, 1.807) is 0 Å². The molecule has 2 nitrogen and oxygen atoms in total. The highest BCUT2D eigenvalue weighted by Crippen LogP contribution is 2.37. The van der Waals surface area contributed by atoms with Crippen molar-refractivity contribution < 1.29 is 0 Å². The van der Waals surface area contributed by atoms with Crippen LogP contribution >= 0.6 is 0 Å². The molecule has 106 valence electrons. The van der Waals surface area contributed by atoms with E-state index in [1.807, 2.05) is 0 Å². The molecule has 2 heteroatoms. The minimum absolute atomic E-state index is 0.776. The van der Waals surface area contributed by atoms with Gasteiger partial charge in [0, 0.05) is 12.6 Å². The lowest BCUT2D eigenvalue weighted by Gasteiger charge is -2.18. The molecular formula is C16H32N2. The van der Waals surface area contributed by atoms with Gasteiger partial charge in [-0.25, -0.2) is 0 Å². The first-order valence-corrected chi connectivity index (χ1v) is 8.36. The van der Waals surface area contributed by atoms with Gasteiger partial charge in [0.1, 0.15) is 0 Å².